The van der Waals surface area contributed by atoms with Crippen LogP contribution in [0, 0.1) is 5.92 Å². The van der Waals surface area contributed by atoms with Crippen molar-refractivity contribution >= 4 is 39.9 Å². The summed E-state index contributed by atoms with van der Waals surface area (Å²) in [5.41, 5.74) is 4.86. The number of pyridine rings is 1. The van der Waals surface area contributed by atoms with Crippen LogP contribution in [0.3, 0.4) is 0 Å². The molecule has 2 aromatic carbocycles. The number of aromatic nitrogens is 5. The van der Waals surface area contributed by atoms with Gasteiger partial charge in [-0.1, -0.05) is 50.8 Å². The molecule has 0 radical (unpaired) electrons. The first-order valence-electron chi connectivity index (χ1n) is 14.5. The Balaban J connectivity index is 1.30. The van der Waals surface area contributed by atoms with Gasteiger partial charge in [-0.05, 0) is 35.1 Å². The van der Waals surface area contributed by atoms with Gasteiger partial charge in [-0.3, -0.25) is 9.78 Å². The zero-order valence-electron chi connectivity index (χ0n) is 24.5. The summed E-state index contributed by atoms with van der Waals surface area (Å²) in [6, 6.07) is 15.2. The number of halogens is 1. The number of β-amino-alcohol motifs (C(OH)–C–C–N with tert-alkyl or cyclic N) is 1. The smallest absolute Gasteiger partial charge is 0.283 e. The third kappa shape index (κ3) is 5.94. The lowest BCUT2D eigenvalue weighted by Gasteiger charge is -2.16. The minimum Gasteiger partial charge on any atom is -0.391 e. The van der Waals surface area contributed by atoms with Crippen molar-refractivity contribution in [3.05, 3.63) is 84.5 Å². The van der Waals surface area contributed by atoms with Crippen LogP contribution in [0.5, 0.6) is 0 Å². The summed E-state index contributed by atoms with van der Waals surface area (Å²) in [6.45, 7) is 9.53. The predicted octanol–water partition coefficient (Wildman–Crippen LogP) is 4.49. The van der Waals surface area contributed by atoms with E-state index in [1.54, 1.807) is 22.8 Å². The molecule has 44 heavy (non-hydrogen) atoms. The Labute approximate surface area is 253 Å². The molecule has 0 saturated carbocycles. The van der Waals surface area contributed by atoms with Gasteiger partial charge in [-0.15, -0.1) is 0 Å². The number of rotatable bonds is 10. The lowest BCUT2D eigenvalue weighted by Crippen LogP contribution is -2.26. The Kier molecular flexibility index (Phi) is 8.18. The van der Waals surface area contributed by atoms with Crippen LogP contribution in [0.25, 0.3) is 27.7 Å². The summed E-state index contributed by atoms with van der Waals surface area (Å²) in [6.07, 6.45) is 3.12. The third-order valence-electron chi connectivity index (χ3n) is 7.82. The summed E-state index contributed by atoms with van der Waals surface area (Å²) >= 11 is 0. The van der Waals surface area contributed by atoms with Gasteiger partial charge in [0, 0.05) is 60.5 Å². The van der Waals surface area contributed by atoms with Crippen LogP contribution >= 0.6 is 0 Å². The topological polar surface area (TPSA) is 141 Å². The molecule has 4 heterocycles. The van der Waals surface area contributed by atoms with E-state index < -0.39 is 17.8 Å². The number of nitrogens with one attached hydrogen (secondary N) is 4. The molecule has 1 aliphatic rings. The van der Waals surface area contributed by atoms with E-state index in [-0.39, 0.29) is 11.8 Å². The first-order chi connectivity index (χ1) is 21.3. The number of benzene rings is 2. The maximum Gasteiger partial charge on any atom is 0.283 e. The average Bonchev–Trinajstić information content (AvgIpc) is 3.64. The molecule has 0 bridgehead atoms. The molecule has 1 fully saturated rings. The van der Waals surface area contributed by atoms with Crippen LogP contribution in [0.1, 0.15) is 30.9 Å². The number of nitrogens with zero attached hydrogens (tertiary/aromatic N) is 5. The fraction of sp³-hybridized carbons (Fsp3) is 0.281. The van der Waals surface area contributed by atoms with Crippen molar-refractivity contribution in [3.8, 4) is 11.3 Å². The van der Waals surface area contributed by atoms with E-state index in [2.05, 4.69) is 46.8 Å². The van der Waals surface area contributed by atoms with E-state index in [0.29, 0.717) is 42.9 Å². The number of hydrogen-bond donors (Lipinski definition) is 5. The van der Waals surface area contributed by atoms with Crippen LogP contribution in [0.2, 0.25) is 0 Å². The average molecular weight is 596 g/mol. The Morgan fingerprint density at radius 2 is 2.00 bits per heavy atom. The molecular formula is C32H34FN9O2. The van der Waals surface area contributed by atoms with Crippen molar-refractivity contribution in [2.24, 2.45) is 5.92 Å². The van der Waals surface area contributed by atoms with Gasteiger partial charge in [0.05, 0.1) is 18.0 Å². The van der Waals surface area contributed by atoms with Gasteiger partial charge in [0.2, 0.25) is 11.9 Å². The number of fused-ring (bicyclic) bond motifs is 2. The molecule has 0 spiro atoms. The van der Waals surface area contributed by atoms with E-state index in [0.717, 1.165) is 39.7 Å². The molecule has 11 nitrogen and oxygen atoms in total. The zero-order chi connectivity index (χ0) is 30.8. The zero-order valence-corrected chi connectivity index (χ0v) is 24.5. The molecule has 2 atom stereocenters. The quantitative estimate of drug-likeness (QED) is 0.148. The number of anilines is 3. The standard InChI is InChI=1S/C32H34FN9O2/c1-18(2)26-16-38-42-29(26)40-31(36-15-22-13-34-17-27(22)43)41-32(42)37-14-21-6-4-5-7-24(21)28-25-9-8-23(39-30(44)19(3)33)12-20(25)10-11-35-28/h4-12,16,18,22,27,34,43H,3,13-15,17H2,1-2H3,(H,39,44)(H2,36,37,40,41)/t22-,27+/m1/s1. The highest BCUT2D eigenvalue weighted by atomic mass is 19.1. The van der Waals surface area contributed by atoms with Gasteiger partial charge in [0.15, 0.2) is 11.5 Å². The van der Waals surface area contributed by atoms with Gasteiger partial charge in [0.25, 0.3) is 5.91 Å². The van der Waals surface area contributed by atoms with Crippen molar-refractivity contribution < 1.29 is 14.3 Å². The van der Waals surface area contributed by atoms with Crippen molar-refractivity contribution in [1.82, 2.24) is 29.9 Å². The Morgan fingerprint density at radius 3 is 2.77 bits per heavy atom. The van der Waals surface area contributed by atoms with Gasteiger partial charge in [-0.2, -0.15) is 19.6 Å². The second-order valence-corrected chi connectivity index (χ2v) is 11.2. The van der Waals surface area contributed by atoms with Crippen molar-refractivity contribution in [1.29, 1.82) is 0 Å². The largest absolute Gasteiger partial charge is 0.391 e. The number of aliphatic hydroxyl groups is 1. The third-order valence-corrected chi connectivity index (χ3v) is 7.82. The minimum absolute atomic E-state index is 0.0660. The molecule has 1 saturated heterocycles. The molecular weight excluding hydrogens is 561 g/mol. The molecule has 1 aliphatic heterocycles. The summed E-state index contributed by atoms with van der Waals surface area (Å²) in [5.74, 6) is -0.651. The molecule has 5 aromatic rings. The predicted molar refractivity (Wildman–Crippen MR) is 169 cm³/mol. The lowest BCUT2D eigenvalue weighted by molar-refractivity contribution is -0.114. The SMILES string of the molecule is C=C(F)C(=O)Nc1ccc2c(-c3ccccc3CNc3nc(NC[C@H]4CNC[C@@H]4O)nc4c(C(C)C)cnn34)nccc2c1. The highest BCUT2D eigenvalue weighted by Crippen LogP contribution is 2.31. The Bertz CT molecular complexity index is 1850. The van der Waals surface area contributed by atoms with Gasteiger partial charge < -0.3 is 26.4 Å². The molecule has 3 aromatic heterocycles. The Hall–Kier alpha value is -4.94. The maximum atomic E-state index is 13.2. The highest BCUT2D eigenvalue weighted by Gasteiger charge is 2.25. The summed E-state index contributed by atoms with van der Waals surface area (Å²) in [4.78, 5) is 26.0. The monoisotopic (exact) mass is 595 g/mol. The Morgan fingerprint density at radius 1 is 1.16 bits per heavy atom. The van der Waals surface area contributed by atoms with Crippen LogP contribution < -0.4 is 21.3 Å². The first-order valence-corrected chi connectivity index (χ1v) is 14.5. The maximum absolute atomic E-state index is 13.2. The van der Waals surface area contributed by atoms with E-state index in [4.69, 9.17) is 15.0 Å². The van der Waals surface area contributed by atoms with Crippen molar-refractivity contribution in [3.63, 3.8) is 0 Å². The van der Waals surface area contributed by atoms with E-state index in [9.17, 15) is 14.3 Å². The molecule has 0 aliphatic carbocycles. The van der Waals surface area contributed by atoms with Crippen LogP contribution in [-0.4, -0.2) is 61.3 Å². The van der Waals surface area contributed by atoms with E-state index >= 15 is 0 Å². The van der Waals surface area contributed by atoms with Crippen LogP contribution in [0.15, 0.2) is 73.3 Å². The summed E-state index contributed by atoms with van der Waals surface area (Å²) in [7, 11) is 0. The number of hydrogen-bond acceptors (Lipinski definition) is 9. The fourth-order valence-corrected chi connectivity index (χ4v) is 5.39. The fourth-order valence-electron chi connectivity index (χ4n) is 5.39. The summed E-state index contributed by atoms with van der Waals surface area (Å²) in [5, 5.41) is 29.0. The molecule has 6 rings (SSSR count). The molecule has 5 N–H and O–H groups in total. The summed E-state index contributed by atoms with van der Waals surface area (Å²) < 4.78 is 14.9. The molecule has 1 amide bonds. The molecule has 226 valence electrons. The normalized spacial score (nSPS) is 16.5. The lowest BCUT2D eigenvalue weighted by atomic mass is 9.99. The second kappa shape index (κ2) is 12.3. The number of carbonyl (C=O) groups is 1. The molecule has 12 heteroatoms. The number of aliphatic hydroxyl groups excluding tert-OH is 1. The number of carbonyl (C=O) groups excluding carboxylic acids is 1. The first kappa shape index (κ1) is 29.1. The van der Waals surface area contributed by atoms with E-state index in [1.165, 1.54) is 0 Å². The van der Waals surface area contributed by atoms with Gasteiger partial charge in [-0.25, -0.2) is 4.39 Å². The number of amides is 1. The van der Waals surface area contributed by atoms with E-state index in [1.807, 2.05) is 42.6 Å². The van der Waals surface area contributed by atoms with Gasteiger partial charge in [0.1, 0.15) is 0 Å². The molecule has 0 unspecified atom stereocenters. The minimum atomic E-state index is -1.05. The highest BCUT2D eigenvalue weighted by molar-refractivity contribution is 6.04. The van der Waals surface area contributed by atoms with Crippen molar-refractivity contribution in [2.45, 2.75) is 32.4 Å². The van der Waals surface area contributed by atoms with Crippen molar-refractivity contribution in [2.75, 3.05) is 35.6 Å². The van der Waals surface area contributed by atoms with Crippen LogP contribution in [0.4, 0.5) is 22.0 Å². The second-order valence-electron chi connectivity index (χ2n) is 11.2. The van der Waals surface area contributed by atoms with Gasteiger partial charge >= 0.3 is 0 Å². The van der Waals surface area contributed by atoms with Crippen LogP contribution in [-0.2, 0) is 11.3 Å².